The first-order valence-corrected chi connectivity index (χ1v) is 6.20. The average molecular weight is 317 g/mol. The van der Waals surface area contributed by atoms with Gasteiger partial charge in [-0.15, -0.1) is 0 Å². The van der Waals surface area contributed by atoms with E-state index >= 15 is 0 Å². The van der Waals surface area contributed by atoms with Gasteiger partial charge in [0, 0.05) is 38.8 Å². The molecule has 2 rings (SSSR count). The Morgan fingerprint density at radius 3 is 2.50 bits per heavy atom. The second-order valence-corrected chi connectivity index (χ2v) is 4.82. The Balaban J connectivity index is 2.24. The third-order valence-corrected chi connectivity index (χ3v) is 3.06. The Kier molecular flexibility index (Phi) is 3.96. The van der Waals surface area contributed by atoms with Crippen molar-refractivity contribution in [2.45, 2.75) is 18.2 Å². The van der Waals surface area contributed by atoms with E-state index in [4.69, 9.17) is 0 Å². The Morgan fingerprint density at radius 2 is 2.05 bits per heavy atom. The standard InChI is InChI=1S/C12H14F3N5O2/c1-19-6-4-16-10(19)11(22,12(13,14)15)7-9(21)17-8-3-5-20(2)18-8/h3-6,22H,7H2,1-2H3,(H,17,18,21)/t11-/m0/s1. The number of nitrogens with zero attached hydrogens (tertiary/aromatic N) is 4. The Bertz CT molecular complexity index is 678. The quantitative estimate of drug-likeness (QED) is 0.878. The van der Waals surface area contributed by atoms with E-state index in [1.807, 2.05) is 0 Å². The minimum Gasteiger partial charge on any atom is -0.374 e. The maximum atomic E-state index is 13.2. The van der Waals surface area contributed by atoms with Crippen LogP contribution in [0.25, 0.3) is 0 Å². The molecule has 0 saturated heterocycles. The smallest absolute Gasteiger partial charge is 0.374 e. The minimum atomic E-state index is -5.06. The highest BCUT2D eigenvalue weighted by Gasteiger charge is 2.58. The number of aliphatic hydroxyl groups is 1. The van der Waals surface area contributed by atoms with Crippen LogP contribution in [-0.4, -0.2) is 36.5 Å². The molecular formula is C12H14F3N5O2. The number of imidazole rings is 1. The summed E-state index contributed by atoms with van der Waals surface area (Å²) in [6.07, 6.45) is -2.40. The van der Waals surface area contributed by atoms with Crippen molar-refractivity contribution >= 4 is 11.7 Å². The van der Waals surface area contributed by atoms with Crippen molar-refractivity contribution < 1.29 is 23.1 Å². The highest BCUT2D eigenvalue weighted by molar-refractivity contribution is 5.90. The Hall–Kier alpha value is -2.36. The molecule has 0 bridgehead atoms. The van der Waals surface area contributed by atoms with Crippen molar-refractivity contribution in [1.29, 1.82) is 0 Å². The average Bonchev–Trinajstić information content (AvgIpc) is 2.96. The zero-order chi connectivity index (χ0) is 16.5. The summed E-state index contributed by atoms with van der Waals surface area (Å²) in [6, 6.07) is 1.42. The van der Waals surface area contributed by atoms with Crippen LogP contribution >= 0.6 is 0 Å². The van der Waals surface area contributed by atoms with Crippen LogP contribution in [0.2, 0.25) is 0 Å². The van der Waals surface area contributed by atoms with Gasteiger partial charge in [0.25, 0.3) is 0 Å². The van der Waals surface area contributed by atoms with Crippen LogP contribution < -0.4 is 5.32 Å². The summed E-state index contributed by atoms with van der Waals surface area (Å²) in [5, 5.41) is 16.1. The molecule has 2 N–H and O–H groups in total. The summed E-state index contributed by atoms with van der Waals surface area (Å²) < 4.78 is 42.1. The highest BCUT2D eigenvalue weighted by Crippen LogP contribution is 2.40. The molecule has 10 heteroatoms. The van der Waals surface area contributed by atoms with Crippen LogP contribution in [0.4, 0.5) is 19.0 Å². The molecule has 0 spiro atoms. The molecule has 0 aromatic carbocycles. The van der Waals surface area contributed by atoms with Crippen molar-refractivity contribution in [3.05, 3.63) is 30.5 Å². The van der Waals surface area contributed by atoms with Gasteiger partial charge in [0.15, 0.2) is 11.6 Å². The molecule has 0 unspecified atom stereocenters. The van der Waals surface area contributed by atoms with E-state index in [-0.39, 0.29) is 5.82 Å². The van der Waals surface area contributed by atoms with Gasteiger partial charge in [-0.25, -0.2) is 4.98 Å². The first-order valence-electron chi connectivity index (χ1n) is 6.20. The van der Waals surface area contributed by atoms with Gasteiger partial charge >= 0.3 is 6.18 Å². The summed E-state index contributed by atoms with van der Waals surface area (Å²) in [4.78, 5) is 15.3. The molecule has 2 aromatic heterocycles. The second kappa shape index (κ2) is 5.44. The topological polar surface area (TPSA) is 85.0 Å². The first-order chi connectivity index (χ1) is 10.1. The lowest BCUT2D eigenvalue weighted by atomic mass is 9.97. The number of amides is 1. The minimum absolute atomic E-state index is 0.0943. The first kappa shape index (κ1) is 16.0. The number of alkyl halides is 3. The fourth-order valence-electron chi connectivity index (χ4n) is 1.97. The number of nitrogens with one attached hydrogen (secondary N) is 1. The van der Waals surface area contributed by atoms with E-state index in [1.54, 1.807) is 7.05 Å². The lowest BCUT2D eigenvalue weighted by Crippen LogP contribution is -2.46. The lowest BCUT2D eigenvalue weighted by Gasteiger charge is -2.29. The predicted molar refractivity (Wildman–Crippen MR) is 69.6 cm³/mol. The van der Waals surface area contributed by atoms with Crippen molar-refractivity contribution in [3.8, 4) is 0 Å². The van der Waals surface area contributed by atoms with Gasteiger partial charge in [0.1, 0.15) is 0 Å². The van der Waals surface area contributed by atoms with Crippen molar-refractivity contribution in [1.82, 2.24) is 19.3 Å². The molecule has 0 fully saturated rings. The summed E-state index contributed by atoms with van der Waals surface area (Å²) in [7, 11) is 2.89. The van der Waals surface area contributed by atoms with Crippen molar-refractivity contribution in [2.75, 3.05) is 5.32 Å². The predicted octanol–water partition coefficient (Wildman–Crippen LogP) is 0.932. The van der Waals surface area contributed by atoms with Gasteiger partial charge in [-0.3, -0.25) is 9.48 Å². The molecule has 1 atom stereocenters. The maximum Gasteiger partial charge on any atom is 0.425 e. The van der Waals surface area contributed by atoms with Gasteiger partial charge < -0.3 is 15.0 Å². The third kappa shape index (κ3) is 2.96. The zero-order valence-corrected chi connectivity index (χ0v) is 11.8. The molecular weight excluding hydrogens is 303 g/mol. The van der Waals surface area contributed by atoms with Crippen LogP contribution in [0.3, 0.4) is 0 Å². The monoisotopic (exact) mass is 317 g/mol. The SMILES string of the molecule is Cn1ccc(NC(=O)C[C@](O)(c2nccn2C)C(F)(F)F)n1. The van der Waals surface area contributed by atoms with E-state index in [0.29, 0.717) is 0 Å². The molecule has 2 heterocycles. The number of halogens is 3. The normalized spacial score (nSPS) is 14.6. The third-order valence-electron chi connectivity index (χ3n) is 3.06. The van der Waals surface area contributed by atoms with Crippen LogP contribution in [0.5, 0.6) is 0 Å². The number of aryl methyl sites for hydroxylation is 2. The van der Waals surface area contributed by atoms with E-state index in [2.05, 4.69) is 15.4 Å². The number of rotatable bonds is 4. The second-order valence-electron chi connectivity index (χ2n) is 4.82. The summed E-state index contributed by atoms with van der Waals surface area (Å²) in [5.74, 6) is -1.59. The van der Waals surface area contributed by atoms with Gasteiger partial charge in [0.05, 0.1) is 6.42 Å². The molecule has 1 amide bonds. The summed E-state index contributed by atoms with van der Waals surface area (Å²) in [5.41, 5.74) is -3.38. The number of aromatic nitrogens is 4. The summed E-state index contributed by atoms with van der Waals surface area (Å²) in [6.45, 7) is 0. The van der Waals surface area contributed by atoms with Crippen molar-refractivity contribution in [3.63, 3.8) is 0 Å². The number of carbonyl (C=O) groups is 1. The van der Waals surface area contributed by atoms with Gasteiger partial charge in [-0.2, -0.15) is 18.3 Å². The molecule has 0 aliphatic rings. The van der Waals surface area contributed by atoms with Crippen LogP contribution in [-0.2, 0) is 24.5 Å². The number of hydrogen-bond donors (Lipinski definition) is 2. The van der Waals surface area contributed by atoms with E-state index < -0.39 is 29.9 Å². The van der Waals surface area contributed by atoms with Gasteiger partial charge in [0.2, 0.25) is 11.5 Å². The van der Waals surface area contributed by atoms with Gasteiger partial charge in [-0.05, 0) is 0 Å². The van der Waals surface area contributed by atoms with Crippen LogP contribution in [0, 0.1) is 0 Å². The van der Waals surface area contributed by atoms with E-state index in [0.717, 1.165) is 10.8 Å². The lowest BCUT2D eigenvalue weighted by molar-refractivity contribution is -0.270. The Morgan fingerprint density at radius 1 is 1.36 bits per heavy atom. The number of anilines is 1. The fraction of sp³-hybridized carbons (Fsp3) is 0.417. The number of hydrogen-bond acceptors (Lipinski definition) is 4. The van der Waals surface area contributed by atoms with Crippen LogP contribution in [0.1, 0.15) is 12.2 Å². The fourth-order valence-corrected chi connectivity index (χ4v) is 1.97. The molecule has 120 valence electrons. The summed E-state index contributed by atoms with van der Waals surface area (Å²) >= 11 is 0. The molecule has 0 aliphatic carbocycles. The molecule has 7 nitrogen and oxygen atoms in total. The molecule has 2 aromatic rings. The molecule has 22 heavy (non-hydrogen) atoms. The largest absolute Gasteiger partial charge is 0.425 e. The highest BCUT2D eigenvalue weighted by atomic mass is 19.4. The zero-order valence-electron chi connectivity index (χ0n) is 11.8. The molecule has 0 saturated carbocycles. The maximum absolute atomic E-state index is 13.2. The molecule has 0 radical (unpaired) electrons. The van der Waals surface area contributed by atoms with Gasteiger partial charge in [-0.1, -0.05) is 0 Å². The van der Waals surface area contributed by atoms with E-state index in [9.17, 15) is 23.1 Å². The van der Waals surface area contributed by atoms with Crippen molar-refractivity contribution in [2.24, 2.45) is 14.1 Å². The number of carbonyl (C=O) groups excluding carboxylic acids is 1. The van der Waals surface area contributed by atoms with E-state index in [1.165, 1.54) is 30.2 Å². The molecule has 0 aliphatic heterocycles. The Labute approximate surface area is 123 Å². The van der Waals surface area contributed by atoms with Crippen LogP contribution in [0.15, 0.2) is 24.7 Å².